The number of rotatable bonds is 6. The summed E-state index contributed by atoms with van der Waals surface area (Å²) in [4.78, 5) is 14.6. The highest BCUT2D eigenvalue weighted by Crippen LogP contribution is 2.21. The molecule has 0 bridgehead atoms. The number of halogens is 1. The van der Waals surface area contributed by atoms with Gasteiger partial charge in [0.2, 0.25) is 0 Å². The van der Waals surface area contributed by atoms with E-state index < -0.39 is 6.10 Å². The van der Waals surface area contributed by atoms with Crippen molar-refractivity contribution in [3.8, 4) is 11.5 Å². The Morgan fingerprint density at radius 2 is 1.67 bits per heavy atom. The highest BCUT2D eigenvalue weighted by molar-refractivity contribution is 5.94. The summed E-state index contributed by atoms with van der Waals surface area (Å²) in [7, 11) is 2.12. The van der Waals surface area contributed by atoms with Gasteiger partial charge in [0.25, 0.3) is 5.91 Å². The summed E-state index contributed by atoms with van der Waals surface area (Å²) in [5.41, 5.74) is 0.672. The standard InChI is InChI=1S/C21H25FN2O3/c1-15(26-18-7-3-16(22)4-8-18)21(25)23-17-5-9-19(10-6-17)27-20-11-13-24(2)14-12-20/h3-10,15,20H,11-14H2,1-2H3,(H,23,25)/t15-/m1/s1. The van der Waals surface area contributed by atoms with Crippen molar-refractivity contribution in [2.24, 2.45) is 0 Å². The van der Waals surface area contributed by atoms with Crippen molar-refractivity contribution in [2.75, 3.05) is 25.5 Å². The molecule has 1 heterocycles. The first-order valence-electron chi connectivity index (χ1n) is 9.18. The Morgan fingerprint density at radius 3 is 2.30 bits per heavy atom. The van der Waals surface area contributed by atoms with E-state index in [0.29, 0.717) is 11.4 Å². The van der Waals surface area contributed by atoms with Crippen LogP contribution in [0.25, 0.3) is 0 Å². The summed E-state index contributed by atoms with van der Waals surface area (Å²) >= 11 is 0. The van der Waals surface area contributed by atoms with E-state index in [0.717, 1.165) is 31.7 Å². The molecule has 1 atom stereocenters. The Balaban J connectivity index is 1.49. The van der Waals surface area contributed by atoms with Crippen LogP contribution in [0.2, 0.25) is 0 Å². The molecule has 1 amide bonds. The Labute approximate surface area is 159 Å². The summed E-state index contributed by atoms with van der Waals surface area (Å²) in [6.45, 7) is 3.74. The average Bonchev–Trinajstić information content (AvgIpc) is 2.67. The normalized spacial score (nSPS) is 16.6. The van der Waals surface area contributed by atoms with Crippen LogP contribution in [-0.2, 0) is 4.79 Å². The minimum absolute atomic E-state index is 0.241. The molecule has 0 aliphatic carbocycles. The largest absolute Gasteiger partial charge is 0.490 e. The van der Waals surface area contributed by atoms with Crippen LogP contribution < -0.4 is 14.8 Å². The summed E-state index contributed by atoms with van der Waals surface area (Å²) in [5.74, 6) is 0.629. The van der Waals surface area contributed by atoms with E-state index in [2.05, 4.69) is 17.3 Å². The van der Waals surface area contributed by atoms with Gasteiger partial charge >= 0.3 is 0 Å². The summed E-state index contributed by atoms with van der Waals surface area (Å²) in [6.07, 6.45) is 1.58. The zero-order chi connectivity index (χ0) is 19.2. The molecule has 1 fully saturated rings. The number of carbonyl (C=O) groups excluding carboxylic acids is 1. The van der Waals surface area contributed by atoms with Gasteiger partial charge in [-0.15, -0.1) is 0 Å². The lowest BCUT2D eigenvalue weighted by atomic mass is 10.1. The molecule has 5 nitrogen and oxygen atoms in total. The van der Waals surface area contributed by atoms with Gasteiger partial charge in [-0.25, -0.2) is 4.39 Å². The first kappa shape index (κ1) is 19.2. The SMILES string of the molecule is C[C@@H](Oc1ccc(F)cc1)C(=O)Nc1ccc(OC2CCN(C)CC2)cc1. The van der Waals surface area contributed by atoms with Crippen LogP contribution in [0.5, 0.6) is 11.5 Å². The maximum Gasteiger partial charge on any atom is 0.265 e. The van der Waals surface area contributed by atoms with Crippen LogP contribution in [0.3, 0.4) is 0 Å². The van der Waals surface area contributed by atoms with Gasteiger partial charge in [-0.3, -0.25) is 4.79 Å². The van der Waals surface area contributed by atoms with Gasteiger partial charge in [-0.05, 0) is 75.3 Å². The molecule has 0 aromatic heterocycles. The van der Waals surface area contributed by atoms with Crippen molar-refractivity contribution in [1.82, 2.24) is 4.90 Å². The van der Waals surface area contributed by atoms with E-state index in [-0.39, 0.29) is 17.8 Å². The van der Waals surface area contributed by atoms with E-state index in [4.69, 9.17) is 9.47 Å². The number of hydrogen-bond donors (Lipinski definition) is 1. The molecular weight excluding hydrogens is 347 g/mol. The highest BCUT2D eigenvalue weighted by atomic mass is 19.1. The minimum atomic E-state index is -0.703. The first-order chi connectivity index (χ1) is 13.0. The first-order valence-corrected chi connectivity index (χ1v) is 9.18. The van der Waals surface area contributed by atoms with Gasteiger partial charge in [0.15, 0.2) is 6.10 Å². The molecule has 0 spiro atoms. The molecule has 1 aliphatic rings. The highest BCUT2D eigenvalue weighted by Gasteiger charge is 2.18. The van der Waals surface area contributed by atoms with Crippen molar-refractivity contribution in [1.29, 1.82) is 0 Å². The number of benzene rings is 2. The quantitative estimate of drug-likeness (QED) is 0.840. The lowest BCUT2D eigenvalue weighted by molar-refractivity contribution is -0.122. The number of carbonyl (C=O) groups is 1. The Bertz CT molecular complexity index is 741. The molecule has 0 unspecified atom stereocenters. The molecule has 1 saturated heterocycles. The number of hydrogen-bond acceptors (Lipinski definition) is 4. The molecule has 27 heavy (non-hydrogen) atoms. The van der Waals surface area contributed by atoms with Crippen LogP contribution in [0.15, 0.2) is 48.5 Å². The fraction of sp³-hybridized carbons (Fsp3) is 0.381. The van der Waals surface area contributed by atoms with E-state index in [1.54, 1.807) is 6.92 Å². The average molecular weight is 372 g/mol. The fourth-order valence-corrected chi connectivity index (χ4v) is 2.93. The maximum absolute atomic E-state index is 12.9. The van der Waals surface area contributed by atoms with Crippen molar-refractivity contribution in [3.05, 3.63) is 54.3 Å². The molecule has 2 aromatic rings. The Kier molecular flexibility index (Phi) is 6.29. The number of piperidine rings is 1. The number of nitrogens with zero attached hydrogens (tertiary/aromatic N) is 1. The van der Waals surface area contributed by atoms with Gasteiger partial charge in [0.05, 0.1) is 0 Å². The topological polar surface area (TPSA) is 50.8 Å². The zero-order valence-electron chi connectivity index (χ0n) is 15.7. The van der Waals surface area contributed by atoms with Crippen molar-refractivity contribution < 1.29 is 18.7 Å². The lowest BCUT2D eigenvalue weighted by Gasteiger charge is -2.29. The van der Waals surface area contributed by atoms with Crippen LogP contribution in [0, 0.1) is 5.82 Å². The van der Waals surface area contributed by atoms with Gasteiger partial charge in [-0.1, -0.05) is 0 Å². The Hall–Kier alpha value is -2.60. The zero-order valence-corrected chi connectivity index (χ0v) is 15.7. The molecule has 0 radical (unpaired) electrons. The van der Waals surface area contributed by atoms with E-state index >= 15 is 0 Å². The molecule has 1 aliphatic heterocycles. The van der Waals surface area contributed by atoms with Gasteiger partial charge in [0, 0.05) is 18.8 Å². The van der Waals surface area contributed by atoms with Crippen LogP contribution >= 0.6 is 0 Å². The predicted octanol–water partition coefficient (Wildman–Crippen LogP) is 3.70. The summed E-state index contributed by atoms with van der Waals surface area (Å²) in [5, 5.41) is 2.81. The monoisotopic (exact) mass is 372 g/mol. The molecule has 3 rings (SSSR count). The summed E-state index contributed by atoms with van der Waals surface area (Å²) < 4.78 is 24.5. The van der Waals surface area contributed by atoms with Crippen LogP contribution in [-0.4, -0.2) is 43.2 Å². The molecule has 144 valence electrons. The third kappa shape index (κ3) is 5.69. The maximum atomic E-state index is 12.9. The van der Waals surface area contributed by atoms with Crippen LogP contribution in [0.1, 0.15) is 19.8 Å². The third-order valence-electron chi connectivity index (χ3n) is 4.59. The predicted molar refractivity (Wildman–Crippen MR) is 103 cm³/mol. The van der Waals surface area contributed by atoms with Gasteiger partial charge in [0.1, 0.15) is 23.4 Å². The van der Waals surface area contributed by atoms with E-state index in [9.17, 15) is 9.18 Å². The van der Waals surface area contributed by atoms with Crippen molar-refractivity contribution >= 4 is 11.6 Å². The number of anilines is 1. The second-order valence-electron chi connectivity index (χ2n) is 6.85. The smallest absolute Gasteiger partial charge is 0.265 e. The molecule has 0 saturated carbocycles. The Morgan fingerprint density at radius 1 is 1.07 bits per heavy atom. The minimum Gasteiger partial charge on any atom is -0.490 e. The summed E-state index contributed by atoms with van der Waals surface area (Å²) in [6, 6.07) is 12.9. The van der Waals surface area contributed by atoms with Gasteiger partial charge in [-0.2, -0.15) is 0 Å². The number of nitrogens with one attached hydrogen (secondary N) is 1. The fourth-order valence-electron chi connectivity index (χ4n) is 2.93. The second-order valence-corrected chi connectivity index (χ2v) is 6.85. The molecular formula is C21H25FN2O3. The van der Waals surface area contributed by atoms with Gasteiger partial charge < -0.3 is 19.7 Å². The number of ether oxygens (including phenoxy) is 2. The third-order valence-corrected chi connectivity index (χ3v) is 4.59. The number of likely N-dealkylation sites (tertiary alicyclic amines) is 1. The molecule has 6 heteroatoms. The lowest BCUT2D eigenvalue weighted by Crippen LogP contribution is -2.35. The van der Waals surface area contributed by atoms with Crippen molar-refractivity contribution in [2.45, 2.75) is 32.0 Å². The van der Waals surface area contributed by atoms with E-state index in [1.807, 2.05) is 24.3 Å². The number of amides is 1. The van der Waals surface area contributed by atoms with E-state index in [1.165, 1.54) is 24.3 Å². The van der Waals surface area contributed by atoms with Crippen LogP contribution in [0.4, 0.5) is 10.1 Å². The second kappa shape index (κ2) is 8.86. The molecule has 2 aromatic carbocycles. The molecule has 1 N–H and O–H groups in total. The van der Waals surface area contributed by atoms with Crippen molar-refractivity contribution in [3.63, 3.8) is 0 Å².